The second-order valence-corrected chi connectivity index (χ2v) is 3.48. The van der Waals surface area contributed by atoms with Crippen LogP contribution < -0.4 is 0 Å². The molecule has 5 heteroatoms. The first-order chi connectivity index (χ1) is 7.15. The Morgan fingerprint density at radius 3 is 3.00 bits per heavy atom. The first-order valence-corrected chi connectivity index (χ1v) is 4.74. The average molecular weight is 225 g/mol. The fourth-order valence-electron chi connectivity index (χ4n) is 1.54. The van der Waals surface area contributed by atoms with Crippen LogP contribution in [0, 0.1) is 6.92 Å². The average Bonchev–Trinajstić information content (AvgIpc) is 2.66. The van der Waals surface area contributed by atoms with Gasteiger partial charge in [0.15, 0.2) is 0 Å². The van der Waals surface area contributed by atoms with Crippen molar-refractivity contribution in [1.82, 2.24) is 9.97 Å². The van der Waals surface area contributed by atoms with Gasteiger partial charge in [-0.15, -0.1) is 0 Å². The summed E-state index contributed by atoms with van der Waals surface area (Å²) in [5.41, 5.74) is 1.66. The Kier molecular flexibility index (Phi) is 2.36. The molecule has 1 N–H and O–H groups in total. The van der Waals surface area contributed by atoms with Crippen LogP contribution in [0.4, 0.5) is 0 Å². The standard InChI is InChI=1S/C10H9ClN2O2/c1-5-7(10(14)15-2)8-6(3-4-12-8)9(11)13-5/h3-4,12H,1-2H3. The number of rotatable bonds is 1. The molecule has 0 unspecified atom stereocenters. The molecule has 4 nitrogen and oxygen atoms in total. The molecule has 2 rings (SSSR count). The highest BCUT2D eigenvalue weighted by Crippen LogP contribution is 2.26. The van der Waals surface area contributed by atoms with Crippen LogP contribution in [0.15, 0.2) is 12.3 Å². The Bertz CT molecular complexity index is 533. The van der Waals surface area contributed by atoms with Gasteiger partial charge in [0, 0.05) is 11.6 Å². The molecule has 2 aromatic heterocycles. The zero-order valence-corrected chi connectivity index (χ0v) is 9.05. The van der Waals surface area contributed by atoms with E-state index in [0.29, 0.717) is 21.9 Å². The van der Waals surface area contributed by atoms with Gasteiger partial charge >= 0.3 is 5.97 Å². The van der Waals surface area contributed by atoms with E-state index in [-0.39, 0.29) is 0 Å². The van der Waals surface area contributed by atoms with Crippen molar-refractivity contribution in [3.05, 3.63) is 28.7 Å². The Morgan fingerprint density at radius 1 is 1.60 bits per heavy atom. The Labute approximate surface area is 91.2 Å². The molecule has 2 heterocycles. The number of carbonyl (C=O) groups is 1. The minimum atomic E-state index is -0.413. The SMILES string of the molecule is COC(=O)c1c(C)nc(Cl)c2cc[nH]c12. The summed E-state index contributed by atoms with van der Waals surface area (Å²) in [6.07, 6.45) is 1.71. The number of aromatic amines is 1. The molecule has 0 aliphatic heterocycles. The van der Waals surface area contributed by atoms with Gasteiger partial charge in [-0.1, -0.05) is 11.6 Å². The Balaban J connectivity index is 2.82. The first kappa shape index (κ1) is 9.98. The Hall–Kier alpha value is -1.55. The van der Waals surface area contributed by atoms with E-state index in [4.69, 9.17) is 16.3 Å². The lowest BCUT2D eigenvalue weighted by molar-refractivity contribution is 0.0601. The maximum atomic E-state index is 11.5. The minimum Gasteiger partial charge on any atom is -0.465 e. The van der Waals surface area contributed by atoms with E-state index in [2.05, 4.69) is 9.97 Å². The summed E-state index contributed by atoms with van der Waals surface area (Å²) in [6, 6.07) is 1.77. The number of ether oxygens (including phenoxy) is 1. The molecule has 0 saturated carbocycles. The number of methoxy groups -OCH3 is 1. The topological polar surface area (TPSA) is 55.0 Å². The van der Waals surface area contributed by atoms with Crippen LogP contribution in [-0.4, -0.2) is 23.0 Å². The van der Waals surface area contributed by atoms with Gasteiger partial charge in [0.05, 0.1) is 18.3 Å². The van der Waals surface area contributed by atoms with Gasteiger partial charge in [0.1, 0.15) is 10.7 Å². The molecular formula is C10H9ClN2O2. The van der Waals surface area contributed by atoms with Gasteiger partial charge in [-0.05, 0) is 13.0 Å². The van der Waals surface area contributed by atoms with Crippen LogP contribution in [0.5, 0.6) is 0 Å². The monoisotopic (exact) mass is 224 g/mol. The molecular weight excluding hydrogens is 216 g/mol. The number of nitrogens with zero attached hydrogens (tertiary/aromatic N) is 1. The van der Waals surface area contributed by atoms with Crippen molar-refractivity contribution in [3.63, 3.8) is 0 Å². The number of pyridine rings is 1. The maximum absolute atomic E-state index is 11.5. The molecule has 0 radical (unpaired) electrons. The molecule has 0 atom stereocenters. The van der Waals surface area contributed by atoms with E-state index in [1.54, 1.807) is 19.2 Å². The molecule has 78 valence electrons. The number of esters is 1. The summed E-state index contributed by atoms with van der Waals surface area (Å²) >= 11 is 5.94. The first-order valence-electron chi connectivity index (χ1n) is 4.36. The van der Waals surface area contributed by atoms with Crippen molar-refractivity contribution < 1.29 is 9.53 Å². The van der Waals surface area contributed by atoms with Crippen molar-refractivity contribution in [3.8, 4) is 0 Å². The second kappa shape index (κ2) is 3.55. The fraction of sp³-hybridized carbons (Fsp3) is 0.200. The molecule has 0 fully saturated rings. The van der Waals surface area contributed by atoms with Gasteiger partial charge in [0.2, 0.25) is 0 Å². The van der Waals surface area contributed by atoms with Gasteiger partial charge in [-0.3, -0.25) is 0 Å². The van der Waals surface area contributed by atoms with Crippen molar-refractivity contribution in [2.24, 2.45) is 0 Å². The van der Waals surface area contributed by atoms with Crippen LogP contribution >= 0.6 is 11.6 Å². The number of aryl methyl sites for hydroxylation is 1. The van der Waals surface area contributed by atoms with Crippen molar-refractivity contribution >= 4 is 28.5 Å². The summed E-state index contributed by atoms with van der Waals surface area (Å²) in [5.74, 6) is -0.413. The van der Waals surface area contributed by atoms with E-state index >= 15 is 0 Å². The van der Waals surface area contributed by atoms with Crippen molar-refractivity contribution in [2.75, 3.05) is 7.11 Å². The number of hydrogen-bond donors (Lipinski definition) is 1. The third-order valence-electron chi connectivity index (χ3n) is 2.24. The largest absolute Gasteiger partial charge is 0.465 e. The van der Waals surface area contributed by atoms with Gasteiger partial charge in [0.25, 0.3) is 0 Å². The third-order valence-corrected chi connectivity index (χ3v) is 2.52. The van der Waals surface area contributed by atoms with E-state index in [1.165, 1.54) is 7.11 Å². The van der Waals surface area contributed by atoms with Crippen LogP contribution in [0.25, 0.3) is 10.9 Å². The lowest BCUT2D eigenvalue weighted by atomic mass is 10.1. The normalized spacial score (nSPS) is 10.6. The predicted octanol–water partition coefficient (Wildman–Crippen LogP) is 2.31. The van der Waals surface area contributed by atoms with Crippen LogP contribution in [0.3, 0.4) is 0 Å². The quantitative estimate of drug-likeness (QED) is 0.597. The number of hydrogen-bond acceptors (Lipinski definition) is 3. The molecule has 0 aliphatic carbocycles. The highest BCUT2D eigenvalue weighted by atomic mass is 35.5. The number of carbonyl (C=O) groups excluding carboxylic acids is 1. The lowest BCUT2D eigenvalue weighted by Gasteiger charge is -2.05. The highest BCUT2D eigenvalue weighted by molar-refractivity contribution is 6.34. The van der Waals surface area contributed by atoms with Crippen LogP contribution in [0.1, 0.15) is 16.1 Å². The van der Waals surface area contributed by atoms with Crippen LogP contribution in [0.2, 0.25) is 5.15 Å². The molecule has 0 amide bonds. The number of aromatic nitrogens is 2. The maximum Gasteiger partial charge on any atom is 0.341 e. The summed E-state index contributed by atoms with van der Waals surface area (Å²) in [5, 5.41) is 1.11. The van der Waals surface area contributed by atoms with Gasteiger partial charge < -0.3 is 9.72 Å². The lowest BCUT2D eigenvalue weighted by Crippen LogP contribution is -2.06. The number of halogens is 1. The number of nitrogens with one attached hydrogen (secondary N) is 1. The van der Waals surface area contributed by atoms with Crippen LogP contribution in [-0.2, 0) is 4.74 Å². The zero-order chi connectivity index (χ0) is 11.0. The molecule has 0 spiro atoms. The predicted molar refractivity (Wildman–Crippen MR) is 57.2 cm³/mol. The third kappa shape index (κ3) is 1.47. The van der Waals surface area contributed by atoms with Gasteiger partial charge in [-0.25, -0.2) is 9.78 Å². The van der Waals surface area contributed by atoms with E-state index < -0.39 is 5.97 Å². The summed E-state index contributed by atoms with van der Waals surface area (Å²) in [4.78, 5) is 18.6. The fourth-order valence-corrected chi connectivity index (χ4v) is 1.83. The summed E-state index contributed by atoms with van der Waals surface area (Å²) < 4.78 is 4.69. The molecule has 0 saturated heterocycles. The summed E-state index contributed by atoms with van der Waals surface area (Å²) in [7, 11) is 1.34. The number of fused-ring (bicyclic) bond motifs is 1. The Morgan fingerprint density at radius 2 is 2.33 bits per heavy atom. The van der Waals surface area contributed by atoms with Crippen molar-refractivity contribution in [2.45, 2.75) is 6.92 Å². The molecule has 0 aromatic carbocycles. The highest BCUT2D eigenvalue weighted by Gasteiger charge is 2.17. The second-order valence-electron chi connectivity index (χ2n) is 3.12. The van der Waals surface area contributed by atoms with E-state index in [9.17, 15) is 4.79 Å². The van der Waals surface area contributed by atoms with Gasteiger partial charge in [-0.2, -0.15) is 0 Å². The smallest absolute Gasteiger partial charge is 0.341 e. The summed E-state index contributed by atoms with van der Waals surface area (Å²) in [6.45, 7) is 1.72. The molecule has 0 aliphatic rings. The molecule has 0 bridgehead atoms. The minimum absolute atomic E-state index is 0.386. The van der Waals surface area contributed by atoms with Crippen molar-refractivity contribution in [1.29, 1.82) is 0 Å². The molecule has 15 heavy (non-hydrogen) atoms. The van der Waals surface area contributed by atoms with E-state index in [1.807, 2.05) is 0 Å². The van der Waals surface area contributed by atoms with E-state index in [0.717, 1.165) is 5.39 Å². The molecule has 2 aromatic rings. The zero-order valence-electron chi connectivity index (χ0n) is 8.30. The number of H-pyrrole nitrogens is 1.